The van der Waals surface area contributed by atoms with Gasteiger partial charge in [0.25, 0.3) is 0 Å². The van der Waals surface area contributed by atoms with Gasteiger partial charge >= 0.3 is 0 Å². The lowest BCUT2D eigenvalue weighted by Gasteiger charge is -2.04. The summed E-state index contributed by atoms with van der Waals surface area (Å²) in [7, 11) is 0. The first kappa shape index (κ1) is 10.1. The van der Waals surface area contributed by atoms with Crippen LogP contribution in [0.1, 0.15) is 0 Å². The zero-order valence-corrected chi connectivity index (χ0v) is 9.46. The van der Waals surface area contributed by atoms with E-state index in [1.165, 1.54) is 6.33 Å². The smallest absolute Gasteiger partial charge is 0.181 e. The Balaban J connectivity index is 2.35. The first-order valence-corrected chi connectivity index (χ1v) is 5.40. The van der Waals surface area contributed by atoms with Gasteiger partial charge < -0.3 is 0 Å². The number of hydrogen-bond acceptors (Lipinski definition) is 4. The molecule has 0 aliphatic carbocycles. The van der Waals surface area contributed by atoms with Crippen molar-refractivity contribution >= 4 is 22.8 Å². The minimum atomic E-state index is 0.567. The number of benzene rings is 1. The minimum absolute atomic E-state index is 0.567. The number of nitrogens with zero attached hydrogens (tertiary/aromatic N) is 4. The molecule has 1 aromatic carbocycles. The van der Waals surface area contributed by atoms with Crippen molar-refractivity contribution in [3.05, 3.63) is 48.0 Å². The Kier molecular flexibility index (Phi) is 2.42. The van der Waals surface area contributed by atoms with E-state index in [9.17, 15) is 0 Å². The standard InChI is InChI=1S/C12H7ClN4/c13-9-4-2-1-3-8(9)10-11-12(17-7-16-10)15-6-5-14-11/h1-7H. The van der Waals surface area contributed by atoms with Crippen LogP contribution in [0.3, 0.4) is 0 Å². The summed E-state index contributed by atoms with van der Waals surface area (Å²) in [4.78, 5) is 16.7. The molecule has 0 radical (unpaired) electrons. The van der Waals surface area contributed by atoms with E-state index in [1.54, 1.807) is 12.4 Å². The minimum Gasteiger partial charge on any atom is -0.249 e. The summed E-state index contributed by atoms with van der Waals surface area (Å²) in [6, 6.07) is 7.51. The maximum Gasteiger partial charge on any atom is 0.181 e. The van der Waals surface area contributed by atoms with Gasteiger partial charge in [-0.1, -0.05) is 29.8 Å². The lowest BCUT2D eigenvalue weighted by molar-refractivity contribution is 1.15. The molecule has 0 fully saturated rings. The van der Waals surface area contributed by atoms with Crippen LogP contribution in [0.15, 0.2) is 43.0 Å². The van der Waals surface area contributed by atoms with Crippen molar-refractivity contribution in [1.82, 2.24) is 19.9 Å². The van der Waals surface area contributed by atoms with Crippen LogP contribution in [0, 0.1) is 0 Å². The molecule has 0 saturated heterocycles. The van der Waals surface area contributed by atoms with Gasteiger partial charge in [-0.05, 0) is 6.07 Å². The Labute approximate surface area is 102 Å². The van der Waals surface area contributed by atoms with Crippen LogP contribution in [0.4, 0.5) is 0 Å². The molecule has 3 aromatic rings. The molecule has 0 atom stereocenters. The van der Waals surface area contributed by atoms with Crippen LogP contribution in [-0.4, -0.2) is 19.9 Å². The number of aromatic nitrogens is 4. The van der Waals surface area contributed by atoms with Crippen molar-refractivity contribution in [2.45, 2.75) is 0 Å². The molecule has 17 heavy (non-hydrogen) atoms. The van der Waals surface area contributed by atoms with Crippen LogP contribution in [0.2, 0.25) is 5.02 Å². The molecule has 0 aliphatic rings. The van der Waals surface area contributed by atoms with Crippen molar-refractivity contribution in [3.8, 4) is 11.3 Å². The molecule has 0 spiro atoms. The average Bonchev–Trinajstić information content (AvgIpc) is 2.39. The van der Waals surface area contributed by atoms with E-state index < -0.39 is 0 Å². The Bertz CT molecular complexity index is 679. The van der Waals surface area contributed by atoms with Crippen LogP contribution in [0.5, 0.6) is 0 Å². The second-order valence-corrected chi connectivity index (χ2v) is 3.84. The molecule has 0 saturated carbocycles. The molecular weight excluding hydrogens is 236 g/mol. The van der Waals surface area contributed by atoms with E-state index in [1.807, 2.05) is 24.3 Å². The summed E-state index contributed by atoms with van der Waals surface area (Å²) in [5.74, 6) is 0. The Morgan fingerprint density at radius 2 is 1.71 bits per heavy atom. The number of rotatable bonds is 1. The predicted octanol–water partition coefficient (Wildman–Crippen LogP) is 2.74. The molecule has 3 rings (SSSR count). The average molecular weight is 243 g/mol. The maximum absolute atomic E-state index is 6.15. The summed E-state index contributed by atoms with van der Waals surface area (Å²) in [5.41, 5.74) is 2.76. The third-order valence-electron chi connectivity index (χ3n) is 2.40. The molecule has 0 bridgehead atoms. The van der Waals surface area contributed by atoms with Gasteiger partial charge in [-0.15, -0.1) is 0 Å². The number of hydrogen-bond donors (Lipinski definition) is 0. The van der Waals surface area contributed by atoms with E-state index in [0.29, 0.717) is 21.9 Å². The third-order valence-corrected chi connectivity index (χ3v) is 2.73. The van der Waals surface area contributed by atoms with Gasteiger partial charge in [0.1, 0.15) is 17.5 Å². The summed E-state index contributed by atoms with van der Waals surface area (Å²) in [6.07, 6.45) is 4.69. The quantitative estimate of drug-likeness (QED) is 0.658. The van der Waals surface area contributed by atoms with Crippen LogP contribution >= 0.6 is 11.6 Å². The van der Waals surface area contributed by atoms with Crippen molar-refractivity contribution in [1.29, 1.82) is 0 Å². The van der Waals surface area contributed by atoms with Gasteiger partial charge in [0, 0.05) is 18.0 Å². The summed E-state index contributed by atoms with van der Waals surface area (Å²) < 4.78 is 0. The fourth-order valence-corrected chi connectivity index (χ4v) is 1.87. The predicted molar refractivity (Wildman–Crippen MR) is 65.6 cm³/mol. The first-order valence-electron chi connectivity index (χ1n) is 5.03. The van der Waals surface area contributed by atoms with Gasteiger partial charge in [-0.3, -0.25) is 0 Å². The van der Waals surface area contributed by atoms with E-state index in [2.05, 4.69) is 19.9 Å². The molecule has 0 unspecified atom stereocenters. The largest absolute Gasteiger partial charge is 0.249 e. The summed E-state index contributed by atoms with van der Waals surface area (Å²) in [5, 5.41) is 0.637. The molecule has 2 heterocycles. The summed E-state index contributed by atoms with van der Waals surface area (Å²) >= 11 is 6.15. The molecule has 0 aliphatic heterocycles. The number of fused-ring (bicyclic) bond motifs is 1. The maximum atomic E-state index is 6.15. The van der Waals surface area contributed by atoms with Gasteiger partial charge in [-0.25, -0.2) is 19.9 Å². The lowest BCUT2D eigenvalue weighted by atomic mass is 10.1. The van der Waals surface area contributed by atoms with Crippen molar-refractivity contribution in [2.24, 2.45) is 0 Å². The monoisotopic (exact) mass is 242 g/mol. The molecule has 2 aromatic heterocycles. The SMILES string of the molecule is Clc1ccccc1-c1ncnc2nccnc12. The zero-order chi connectivity index (χ0) is 11.7. The Morgan fingerprint density at radius 1 is 0.882 bits per heavy atom. The van der Waals surface area contributed by atoms with E-state index in [-0.39, 0.29) is 0 Å². The zero-order valence-electron chi connectivity index (χ0n) is 8.71. The highest BCUT2D eigenvalue weighted by Crippen LogP contribution is 2.28. The fraction of sp³-hybridized carbons (Fsp3) is 0. The van der Waals surface area contributed by atoms with Crippen molar-refractivity contribution in [2.75, 3.05) is 0 Å². The lowest BCUT2D eigenvalue weighted by Crippen LogP contribution is -1.93. The molecule has 82 valence electrons. The second-order valence-electron chi connectivity index (χ2n) is 3.43. The molecular formula is C12H7ClN4. The topological polar surface area (TPSA) is 51.6 Å². The summed E-state index contributed by atoms with van der Waals surface area (Å²) in [6.45, 7) is 0. The third kappa shape index (κ3) is 1.72. The van der Waals surface area contributed by atoms with E-state index in [4.69, 9.17) is 11.6 Å². The molecule has 0 amide bonds. The van der Waals surface area contributed by atoms with Crippen LogP contribution in [0.25, 0.3) is 22.4 Å². The van der Waals surface area contributed by atoms with Gasteiger partial charge in [0.05, 0.1) is 5.02 Å². The second kappa shape index (κ2) is 4.07. The Morgan fingerprint density at radius 3 is 2.59 bits per heavy atom. The van der Waals surface area contributed by atoms with Crippen LogP contribution in [-0.2, 0) is 0 Å². The van der Waals surface area contributed by atoms with E-state index in [0.717, 1.165) is 5.56 Å². The fourth-order valence-electron chi connectivity index (χ4n) is 1.64. The highest BCUT2D eigenvalue weighted by molar-refractivity contribution is 6.33. The van der Waals surface area contributed by atoms with Gasteiger partial charge in [-0.2, -0.15) is 0 Å². The van der Waals surface area contributed by atoms with Crippen molar-refractivity contribution in [3.63, 3.8) is 0 Å². The molecule has 5 heteroatoms. The normalized spacial score (nSPS) is 10.6. The molecule has 4 nitrogen and oxygen atoms in total. The highest BCUT2D eigenvalue weighted by atomic mass is 35.5. The van der Waals surface area contributed by atoms with Crippen LogP contribution < -0.4 is 0 Å². The van der Waals surface area contributed by atoms with Gasteiger partial charge in [0.2, 0.25) is 0 Å². The van der Waals surface area contributed by atoms with E-state index >= 15 is 0 Å². The van der Waals surface area contributed by atoms with Gasteiger partial charge in [0.15, 0.2) is 5.65 Å². The van der Waals surface area contributed by atoms with Crippen molar-refractivity contribution < 1.29 is 0 Å². The number of halogens is 1. The first-order chi connectivity index (χ1) is 8.36. The molecule has 0 N–H and O–H groups in total. The highest BCUT2D eigenvalue weighted by Gasteiger charge is 2.10. The Hall–Kier alpha value is -2.07.